The number of furan rings is 1. The van der Waals surface area contributed by atoms with E-state index in [2.05, 4.69) is 169 Å². The maximum absolute atomic E-state index is 6.35. The summed E-state index contributed by atoms with van der Waals surface area (Å²) in [5.41, 5.74) is 9.79. The number of fused-ring (bicyclic) bond motifs is 8. The first-order valence-electron chi connectivity index (χ1n) is 16.6. The fourth-order valence-corrected chi connectivity index (χ4v) is 8.45. The Morgan fingerprint density at radius 1 is 0.408 bits per heavy atom. The average Bonchev–Trinajstić information content (AvgIpc) is 3.75. The van der Waals surface area contributed by atoms with E-state index in [0.717, 1.165) is 50.1 Å². The molecule has 0 aliphatic carbocycles. The van der Waals surface area contributed by atoms with Crippen LogP contribution < -0.4 is 4.90 Å². The molecule has 230 valence electrons. The summed E-state index contributed by atoms with van der Waals surface area (Å²) in [4.78, 5) is 2.31. The van der Waals surface area contributed by atoms with Gasteiger partial charge in [-0.05, 0) is 88.1 Å². The van der Waals surface area contributed by atoms with Crippen LogP contribution in [0.25, 0.3) is 75.1 Å². The highest BCUT2D eigenvalue weighted by Crippen LogP contribution is 2.41. The Labute approximate surface area is 287 Å². The van der Waals surface area contributed by atoms with Gasteiger partial charge in [0.05, 0.1) is 0 Å². The number of hydrogen-bond donors (Lipinski definition) is 0. The number of para-hydroxylation sites is 3. The number of rotatable bonds is 5. The zero-order valence-electron chi connectivity index (χ0n) is 26.5. The molecule has 10 rings (SSSR count). The van der Waals surface area contributed by atoms with Crippen LogP contribution in [0, 0.1) is 0 Å². The normalized spacial score (nSPS) is 11.7. The number of nitrogens with zero attached hydrogens (tertiary/aromatic N) is 1. The van der Waals surface area contributed by atoms with Crippen LogP contribution in [0.5, 0.6) is 0 Å². The topological polar surface area (TPSA) is 16.4 Å². The van der Waals surface area contributed by atoms with Crippen LogP contribution in [0.15, 0.2) is 180 Å². The van der Waals surface area contributed by atoms with Gasteiger partial charge in [-0.3, -0.25) is 0 Å². The number of anilines is 3. The van der Waals surface area contributed by atoms with Crippen LogP contribution in [0.3, 0.4) is 0 Å². The van der Waals surface area contributed by atoms with Crippen molar-refractivity contribution in [1.29, 1.82) is 0 Å². The fraction of sp³-hybridized carbons (Fsp3) is 0. The molecular weight excluding hydrogens is 615 g/mol. The molecule has 10 aromatic rings. The zero-order chi connectivity index (χ0) is 32.3. The number of benzene rings is 8. The minimum atomic E-state index is 0.914. The summed E-state index contributed by atoms with van der Waals surface area (Å²) in [6.45, 7) is 0. The first-order valence-corrected chi connectivity index (χ1v) is 17.4. The molecule has 0 unspecified atom stereocenters. The first-order chi connectivity index (χ1) is 24.3. The highest BCUT2D eigenvalue weighted by molar-refractivity contribution is 7.26. The lowest BCUT2D eigenvalue weighted by Crippen LogP contribution is -2.09. The van der Waals surface area contributed by atoms with E-state index in [-0.39, 0.29) is 0 Å². The van der Waals surface area contributed by atoms with Gasteiger partial charge in [0.2, 0.25) is 0 Å². The van der Waals surface area contributed by atoms with E-state index in [1.165, 1.54) is 42.1 Å². The van der Waals surface area contributed by atoms with E-state index in [9.17, 15) is 0 Å². The van der Waals surface area contributed by atoms with Gasteiger partial charge in [0.25, 0.3) is 0 Å². The molecule has 49 heavy (non-hydrogen) atoms. The Balaban J connectivity index is 1.01. The maximum Gasteiger partial charge on any atom is 0.143 e. The van der Waals surface area contributed by atoms with Crippen molar-refractivity contribution in [3.8, 4) is 22.3 Å². The average molecular weight is 644 g/mol. The smallest absolute Gasteiger partial charge is 0.143 e. The van der Waals surface area contributed by atoms with Gasteiger partial charge in [-0.1, -0.05) is 115 Å². The Kier molecular flexibility index (Phi) is 6.39. The second-order valence-electron chi connectivity index (χ2n) is 12.5. The fourth-order valence-electron chi connectivity index (χ4n) is 7.32. The quantitative estimate of drug-likeness (QED) is 0.186. The summed E-state index contributed by atoms with van der Waals surface area (Å²) in [7, 11) is 0. The molecular formula is C46H29NOS. The second-order valence-corrected chi connectivity index (χ2v) is 13.6. The zero-order valence-corrected chi connectivity index (χ0v) is 27.3. The molecule has 0 fully saturated rings. The van der Waals surface area contributed by atoms with Crippen molar-refractivity contribution in [2.24, 2.45) is 0 Å². The molecule has 2 heterocycles. The largest absolute Gasteiger partial charge is 0.455 e. The lowest BCUT2D eigenvalue weighted by atomic mass is 9.98. The van der Waals surface area contributed by atoms with Gasteiger partial charge in [0.15, 0.2) is 0 Å². The lowest BCUT2D eigenvalue weighted by molar-refractivity contribution is 0.670. The van der Waals surface area contributed by atoms with E-state index < -0.39 is 0 Å². The van der Waals surface area contributed by atoms with Crippen LogP contribution in [-0.2, 0) is 0 Å². The van der Waals surface area contributed by atoms with Gasteiger partial charge in [0.1, 0.15) is 11.2 Å². The molecule has 0 aliphatic heterocycles. The Bertz CT molecular complexity index is 2810. The predicted octanol–water partition coefficient (Wildman–Crippen LogP) is 13.9. The third kappa shape index (κ3) is 4.62. The van der Waals surface area contributed by atoms with Crippen LogP contribution in [0.1, 0.15) is 0 Å². The molecule has 0 amide bonds. The summed E-state index contributed by atoms with van der Waals surface area (Å²) in [5.74, 6) is 0. The summed E-state index contributed by atoms with van der Waals surface area (Å²) >= 11 is 1.87. The third-order valence-corrected chi connectivity index (χ3v) is 10.8. The molecule has 2 nitrogen and oxygen atoms in total. The van der Waals surface area contributed by atoms with Gasteiger partial charge in [-0.2, -0.15) is 0 Å². The standard InChI is InChI=1S/C46H29NOS/c1-2-9-34(10-3-1)47(36-25-19-31(20-26-36)38-13-8-14-40-39-11-4-6-15-42(39)48-46(38)40)35-23-17-30(18-24-35)32-21-27-37-33(29-32)22-28-44-45(37)41-12-5-7-16-43(41)49-44/h1-29H. The van der Waals surface area contributed by atoms with Gasteiger partial charge in [-0.25, -0.2) is 0 Å². The summed E-state index contributed by atoms with van der Waals surface area (Å²) in [5, 5.41) is 7.56. The monoisotopic (exact) mass is 643 g/mol. The Hall–Kier alpha value is -6.16. The molecule has 0 N–H and O–H groups in total. The van der Waals surface area contributed by atoms with Crippen molar-refractivity contribution in [1.82, 2.24) is 0 Å². The molecule has 0 radical (unpaired) electrons. The Morgan fingerprint density at radius 2 is 1.06 bits per heavy atom. The van der Waals surface area contributed by atoms with Gasteiger partial charge >= 0.3 is 0 Å². The maximum atomic E-state index is 6.35. The highest BCUT2D eigenvalue weighted by atomic mass is 32.1. The molecule has 2 aromatic heterocycles. The molecule has 0 bridgehead atoms. The van der Waals surface area contributed by atoms with Gasteiger partial charge in [0, 0.05) is 53.6 Å². The van der Waals surface area contributed by atoms with Crippen LogP contribution in [0.2, 0.25) is 0 Å². The second kappa shape index (κ2) is 11.2. The first kappa shape index (κ1) is 27.9. The number of thiophene rings is 1. The highest BCUT2D eigenvalue weighted by Gasteiger charge is 2.16. The van der Waals surface area contributed by atoms with E-state index in [1.54, 1.807) is 0 Å². The lowest BCUT2D eigenvalue weighted by Gasteiger charge is -2.26. The third-order valence-electron chi connectivity index (χ3n) is 9.67. The van der Waals surface area contributed by atoms with Crippen LogP contribution in [0.4, 0.5) is 17.1 Å². The van der Waals surface area contributed by atoms with Crippen LogP contribution in [-0.4, -0.2) is 0 Å². The van der Waals surface area contributed by atoms with Crippen molar-refractivity contribution in [3.05, 3.63) is 176 Å². The molecule has 0 saturated carbocycles. The van der Waals surface area contributed by atoms with E-state index in [4.69, 9.17) is 4.42 Å². The molecule has 0 saturated heterocycles. The minimum absolute atomic E-state index is 0.914. The SMILES string of the molecule is c1ccc(N(c2ccc(-c3ccc4c(ccc5sc6ccccc6c54)c3)cc2)c2ccc(-c3cccc4c3oc3ccccc34)cc2)cc1. The minimum Gasteiger partial charge on any atom is -0.455 e. The van der Waals surface area contributed by atoms with Crippen molar-refractivity contribution in [3.63, 3.8) is 0 Å². The van der Waals surface area contributed by atoms with Crippen molar-refractivity contribution < 1.29 is 4.42 Å². The molecule has 8 aromatic carbocycles. The summed E-state index contributed by atoms with van der Waals surface area (Å²) in [6.07, 6.45) is 0. The van der Waals surface area contributed by atoms with E-state index in [1.807, 2.05) is 23.5 Å². The molecule has 0 atom stereocenters. The van der Waals surface area contributed by atoms with E-state index in [0.29, 0.717) is 0 Å². The van der Waals surface area contributed by atoms with E-state index >= 15 is 0 Å². The van der Waals surface area contributed by atoms with Crippen molar-refractivity contribution in [2.75, 3.05) is 4.90 Å². The van der Waals surface area contributed by atoms with Gasteiger partial charge in [-0.15, -0.1) is 11.3 Å². The Morgan fingerprint density at radius 3 is 1.88 bits per heavy atom. The van der Waals surface area contributed by atoms with Crippen molar-refractivity contribution in [2.45, 2.75) is 0 Å². The molecule has 0 aliphatic rings. The summed E-state index contributed by atoms with van der Waals surface area (Å²) in [6, 6.07) is 63.1. The van der Waals surface area contributed by atoms with Crippen LogP contribution >= 0.6 is 11.3 Å². The summed E-state index contributed by atoms with van der Waals surface area (Å²) < 4.78 is 9.03. The predicted molar refractivity (Wildman–Crippen MR) is 210 cm³/mol. The molecule has 3 heteroatoms. The van der Waals surface area contributed by atoms with Crippen molar-refractivity contribution >= 4 is 81.3 Å². The van der Waals surface area contributed by atoms with Gasteiger partial charge < -0.3 is 9.32 Å². The molecule has 0 spiro atoms. The number of hydrogen-bond acceptors (Lipinski definition) is 3.